The number of rotatable bonds is 22. The molecule has 1 aromatic carbocycles. The Kier molecular flexibility index (Phi) is 24.3. The smallest absolute Gasteiger partial charge is 0.407 e. The molecule has 57 heavy (non-hydrogen) atoms. The highest BCUT2D eigenvalue weighted by molar-refractivity contribution is 6.76. The SMILES string of the molecule is CC(C)(C)OC(=O)CC[C@H](N)C(=O)O.COC(=O)[C@H](CCCCNC(=O)OCc1ccccc1)NC(=O)[C@H](CCC(=O)OC(C)(C)C)CC(=O)OCC[Si](C)(C)C. The van der Waals surface area contributed by atoms with Crippen LogP contribution in [0.2, 0.25) is 25.7 Å². The largest absolute Gasteiger partial charge is 0.480 e. The summed E-state index contributed by atoms with van der Waals surface area (Å²) in [5, 5.41) is 13.8. The van der Waals surface area contributed by atoms with Crippen molar-refractivity contribution in [1.82, 2.24) is 10.6 Å². The molecule has 1 rings (SSSR count). The van der Waals surface area contributed by atoms with Crippen molar-refractivity contribution in [3.8, 4) is 0 Å². The minimum Gasteiger partial charge on any atom is -0.480 e. The zero-order valence-corrected chi connectivity index (χ0v) is 36.5. The molecular weight excluding hydrogens is 759 g/mol. The summed E-state index contributed by atoms with van der Waals surface area (Å²) in [4.78, 5) is 84.0. The van der Waals surface area contributed by atoms with Gasteiger partial charge in [-0.1, -0.05) is 50.0 Å². The molecule has 16 nitrogen and oxygen atoms in total. The number of ether oxygens (including phenoxy) is 5. The summed E-state index contributed by atoms with van der Waals surface area (Å²) in [5.41, 5.74) is 4.87. The van der Waals surface area contributed by atoms with E-state index < -0.39 is 79.1 Å². The predicted octanol–water partition coefficient (Wildman–Crippen LogP) is 5.27. The maximum atomic E-state index is 13.3. The summed E-state index contributed by atoms with van der Waals surface area (Å²) in [6.07, 6.45) is 0.581. The third-order valence-electron chi connectivity index (χ3n) is 7.62. The van der Waals surface area contributed by atoms with Crippen molar-refractivity contribution in [2.24, 2.45) is 11.7 Å². The molecule has 0 aromatic heterocycles. The van der Waals surface area contributed by atoms with Gasteiger partial charge in [-0.25, -0.2) is 9.59 Å². The molecule has 0 saturated heterocycles. The molecular formula is C40H67N3O13Si. The second kappa shape index (κ2) is 26.4. The first-order valence-electron chi connectivity index (χ1n) is 19.2. The number of carbonyl (C=O) groups is 7. The molecule has 0 saturated carbocycles. The Morgan fingerprint density at radius 3 is 1.86 bits per heavy atom. The lowest BCUT2D eigenvalue weighted by Crippen LogP contribution is -2.45. The van der Waals surface area contributed by atoms with E-state index in [1.807, 2.05) is 30.3 Å². The zero-order chi connectivity index (χ0) is 43.8. The van der Waals surface area contributed by atoms with Crippen molar-refractivity contribution < 1.29 is 62.4 Å². The lowest BCUT2D eigenvalue weighted by molar-refractivity contribution is -0.156. The second-order valence-corrected chi connectivity index (χ2v) is 22.3. The number of hydrogen-bond donors (Lipinski definition) is 4. The van der Waals surface area contributed by atoms with Gasteiger partial charge in [-0.15, -0.1) is 0 Å². The highest BCUT2D eigenvalue weighted by atomic mass is 28.3. The number of hydrogen-bond acceptors (Lipinski definition) is 13. The van der Waals surface area contributed by atoms with E-state index in [0.29, 0.717) is 19.4 Å². The summed E-state index contributed by atoms with van der Waals surface area (Å²) in [7, 11) is -0.197. The average Bonchev–Trinajstić information content (AvgIpc) is 3.08. The van der Waals surface area contributed by atoms with Gasteiger partial charge in [0, 0.05) is 33.4 Å². The van der Waals surface area contributed by atoms with Crippen LogP contribution in [0.15, 0.2) is 30.3 Å². The molecule has 1 aromatic rings. The maximum Gasteiger partial charge on any atom is 0.407 e. The second-order valence-electron chi connectivity index (χ2n) is 16.7. The Bertz CT molecular complexity index is 1420. The fraction of sp³-hybridized carbons (Fsp3) is 0.675. The molecule has 0 spiro atoms. The molecule has 0 radical (unpaired) electrons. The Morgan fingerprint density at radius 1 is 0.789 bits per heavy atom. The van der Waals surface area contributed by atoms with Gasteiger partial charge in [-0.05, 0) is 85.3 Å². The third kappa shape index (κ3) is 29.4. The lowest BCUT2D eigenvalue weighted by Gasteiger charge is -2.23. The molecule has 0 aliphatic rings. The highest BCUT2D eigenvalue weighted by Gasteiger charge is 2.30. The number of unbranched alkanes of at least 4 members (excludes halogenated alkanes) is 1. The first-order valence-corrected chi connectivity index (χ1v) is 22.9. The van der Waals surface area contributed by atoms with Crippen LogP contribution in [-0.4, -0.2) is 98.6 Å². The van der Waals surface area contributed by atoms with Crippen LogP contribution < -0.4 is 16.4 Å². The number of amides is 2. The highest BCUT2D eigenvalue weighted by Crippen LogP contribution is 2.18. The van der Waals surface area contributed by atoms with Crippen LogP contribution in [0.5, 0.6) is 0 Å². The number of nitrogens with one attached hydrogen (secondary N) is 2. The van der Waals surface area contributed by atoms with E-state index in [1.54, 1.807) is 41.5 Å². The summed E-state index contributed by atoms with van der Waals surface area (Å²) < 4.78 is 25.8. The predicted molar refractivity (Wildman–Crippen MR) is 215 cm³/mol. The van der Waals surface area contributed by atoms with E-state index in [1.165, 1.54) is 7.11 Å². The van der Waals surface area contributed by atoms with Crippen molar-refractivity contribution in [2.45, 2.75) is 148 Å². The lowest BCUT2D eigenvalue weighted by atomic mass is 9.97. The van der Waals surface area contributed by atoms with E-state index in [2.05, 4.69) is 30.3 Å². The Hall–Kier alpha value is -4.51. The number of nitrogens with two attached hydrogens (primary N) is 1. The number of alkyl carbamates (subject to hydrolysis) is 1. The number of benzene rings is 1. The number of esters is 4. The van der Waals surface area contributed by atoms with Gasteiger partial charge in [0.2, 0.25) is 5.91 Å². The number of carboxylic acids is 1. The van der Waals surface area contributed by atoms with Gasteiger partial charge in [0.1, 0.15) is 29.9 Å². The van der Waals surface area contributed by atoms with Crippen LogP contribution in [0, 0.1) is 5.92 Å². The minimum absolute atomic E-state index is 0.0325. The first kappa shape index (κ1) is 52.5. The third-order valence-corrected chi connectivity index (χ3v) is 9.32. The summed E-state index contributed by atoms with van der Waals surface area (Å²) in [6, 6.07) is 8.13. The monoisotopic (exact) mass is 825 g/mol. The molecule has 5 N–H and O–H groups in total. The van der Waals surface area contributed by atoms with Gasteiger partial charge < -0.3 is 45.2 Å². The molecule has 0 fully saturated rings. The Labute approximate surface area is 338 Å². The molecule has 17 heteroatoms. The van der Waals surface area contributed by atoms with Gasteiger partial charge in [0.25, 0.3) is 0 Å². The Balaban J connectivity index is 0.00000189. The van der Waals surface area contributed by atoms with Gasteiger partial charge in [-0.3, -0.25) is 24.0 Å². The number of carboxylic acid groups (broad SMARTS) is 1. The van der Waals surface area contributed by atoms with Crippen molar-refractivity contribution >= 4 is 49.9 Å². The van der Waals surface area contributed by atoms with E-state index >= 15 is 0 Å². The van der Waals surface area contributed by atoms with Crippen LogP contribution in [0.4, 0.5) is 4.79 Å². The summed E-state index contributed by atoms with van der Waals surface area (Å²) in [5.74, 6) is -4.64. The number of methoxy groups -OCH3 is 1. The van der Waals surface area contributed by atoms with Crippen LogP contribution in [0.25, 0.3) is 0 Å². The fourth-order valence-electron chi connectivity index (χ4n) is 4.65. The van der Waals surface area contributed by atoms with Crippen molar-refractivity contribution in [2.75, 3.05) is 20.3 Å². The molecule has 0 heterocycles. The van der Waals surface area contributed by atoms with E-state index in [9.17, 15) is 33.6 Å². The van der Waals surface area contributed by atoms with Gasteiger partial charge in [0.15, 0.2) is 0 Å². The van der Waals surface area contributed by atoms with Crippen LogP contribution in [-0.2, 0) is 59.1 Å². The molecule has 2 amide bonds. The quantitative estimate of drug-likeness (QED) is 0.0505. The normalized spacial score (nSPS) is 13.0. The van der Waals surface area contributed by atoms with Crippen LogP contribution >= 0.6 is 0 Å². The zero-order valence-electron chi connectivity index (χ0n) is 35.5. The molecule has 0 bridgehead atoms. The first-order chi connectivity index (χ1) is 26.3. The molecule has 0 aliphatic heterocycles. The van der Waals surface area contributed by atoms with Gasteiger partial charge in [-0.2, -0.15) is 0 Å². The standard InChI is InChI=1S/C31H50N2O9Si.C9H17NO4/c1-31(2,3)42-26(34)17-16-24(21-27(35)40-19-20-43(5,6)7)28(36)33-25(29(37)39-4)15-11-12-18-32-30(38)41-22-23-13-9-8-10-14-23;1-9(2,3)14-7(11)5-4-6(10)8(12)13/h8-10,13-14,24-25H,11-12,15-22H2,1-7H3,(H,32,38)(H,33,36);6H,4-5,10H2,1-3H3,(H,12,13)/t24-,25+;6-/m10/s1. The van der Waals surface area contributed by atoms with Crippen LogP contribution in [0.1, 0.15) is 98.5 Å². The van der Waals surface area contributed by atoms with Gasteiger partial charge in [0.05, 0.1) is 20.1 Å². The molecule has 0 unspecified atom stereocenters. The fourth-order valence-corrected chi connectivity index (χ4v) is 5.36. The topological polar surface area (TPSA) is 236 Å². The summed E-state index contributed by atoms with van der Waals surface area (Å²) >= 11 is 0. The van der Waals surface area contributed by atoms with E-state index in [-0.39, 0.29) is 51.7 Å². The van der Waals surface area contributed by atoms with Gasteiger partial charge >= 0.3 is 35.9 Å². The Morgan fingerprint density at radius 2 is 1.35 bits per heavy atom. The van der Waals surface area contributed by atoms with Crippen molar-refractivity contribution in [3.63, 3.8) is 0 Å². The van der Waals surface area contributed by atoms with Crippen molar-refractivity contribution in [3.05, 3.63) is 35.9 Å². The molecule has 0 aliphatic carbocycles. The molecule has 3 atom stereocenters. The minimum atomic E-state index is -1.42. The number of carbonyl (C=O) groups excluding carboxylic acids is 6. The van der Waals surface area contributed by atoms with E-state index in [0.717, 1.165) is 11.6 Å². The van der Waals surface area contributed by atoms with Crippen molar-refractivity contribution in [1.29, 1.82) is 0 Å². The average molecular weight is 826 g/mol. The number of aliphatic carboxylic acids is 1. The maximum absolute atomic E-state index is 13.3. The van der Waals surface area contributed by atoms with Crippen LogP contribution in [0.3, 0.4) is 0 Å². The van der Waals surface area contributed by atoms with E-state index in [4.69, 9.17) is 34.5 Å². The molecule has 324 valence electrons. The summed E-state index contributed by atoms with van der Waals surface area (Å²) in [6.45, 7) is 17.7.